The van der Waals surface area contributed by atoms with E-state index in [1.165, 1.54) is 12.8 Å². The molecule has 0 aromatic heterocycles. The van der Waals surface area contributed by atoms with Crippen LogP contribution in [0.1, 0.15) is 46.5 Å². The highest BCUT2D eigenvalue weighted by Crippen LogP contribution is 2.41. The number of alkyl halides is 1. The molecule has 1 saturated carbocycles. The zero-order chi connectivity index (χ0) is 10.8. The Bertz CT molecular complexity index is 181. The molecule has 0 radical (unpaired) electrons. The summed E-state index contributed by atoms with van der Waals surface area (Å²) in [5.74, 6) is 0.910. The van der Waals surface area contributed by atoms with Crippen LogP contribution in [0.15, 0.2) is 0 Å². The van der Waals surface area contributed by atoms with Gasteiger partial charge in [0.2, 0.25) is 0 Å². The Hall–Kier alpha value is -0.110. The molecule has 0 aromatic rings. The second-order valence-electron chi connectivity index (χ2n) is 5.25. The summed E-state index contributed by atoms with van der Waals surface area (Å²) in [5.41, 5.74) is 4.48. The van der Waals surface area contributed by atoms with Gasteiger partial charge in [-0.15, -0.1) is 0 Å². The van der Waals surface area contributed by atoms with Gasteiger partial charge in [-0.05, 0) is 30.6 Å². The molecule has 1 rings (SSSR count). The van der Waals surface area contributed by atoms with Gasteiger partial charge in [0.15, 0.2) is 0 Å². The van der Waals surface area contributed by atoms with Crippen LogP contribution in [0.5, 0.6) is 0 Å². The van der Waals surface area contributed by atoms with Crippen molar-refractivity contribution in [2.24, 2.45) is 23.5 Å². The van der Waals surface area contributed by atoms with Gasteiger partial charge < -0.3 is 5.73 Å². The van der Waals surface area contributed by atoms with Gasteiger partial charge in [0, 0.05) is 6.54 Å². The third kappa shape index (κ3) is 2.28. The first kappa shape index (κ1) is 12.0. The molecule has 14 heavy (non-hydrogen) atoms. The summed E-state index contributed by atoms with van der Waals surface area (Å²) >= 11 is 0. The topological polar surface area (TPSA) is 26.0 Å². The van der Waals surface area contributed by atoms with Crippen LogP contribution < -0.4 is 5.73 Å². The molecular formula is C12H24FN. The Kier molecular flexibility index (Phi) is 3.94. The van der Waals surface area contributed by atoms with E-state index < -0.39 is 5.67 Å². The predicted molar refractivity (Wildman–Crippen MR) is 58.9 cm³/mol. The van der Waals surface area contributed by atoms with Gasteiger partial charge in [0.1, 0.15) is 5.67 Å². The maximum atomic E-state index is 14.6. The minimum atomic E-state index is -1.13. The fraction of sp³-hybridized carbons (Fsp3) is 1.00. The van der Waals surface area contributed by atoms with Crippen LogP contribution in [0, 0.1) is 17.8 Å². The summed E-state index contributed by atoms with van der Waals surface area (Å²) in [4.78, 5) is 0. The molecule has 1 nitrogen and oxygen atoms in total. The molecule has 3 unspecified atom stereocenters. The number of hydrogen-bond acceptors (Lipinski definition) is 1. The lowest BCUT2D eigenvalue weighted by atomic mass is 9.70. The van der Waals surface area contributed by atoms with E-state index in [9.17, 15) is 4.39 Å². The minimum absolute atomic E-state index is 0.0443. The zero-order valence-electron chi connectivity index (χ0n) is 9.72. The summed E-state index contributed by atoms with van der Waals surface area (Å²) < 4.78 is 14.6. The van der Waals surface area contributed by atoms with Crippen molar-refractivity contribution in [2.75, 3.05) is 6.54 Å². The summed E-state index contributed by atoms with van der Waals surface area (Å²) in [7, 11) is 0. The van der Waals surface area contributed by atoms with E-state index in [4.69, 9.17) is 5.73 Å². The largest absolute Gasteiger partial charge is 0.328 e. The van der Waals surface area contributed by atoms with Crippen molar-refractivity contribution in [1.82, 2.24) is 0 Å². The number of nitrogens with two attached hydrogens (primary N) is 1. The average molecular weight is 201 g/mol. The molecule has 1 aliphatic rings. The number of halogens is 1. The molecule has 0 aromatic carbocycles. The fourth-order valence-electron chi connectivity index (χ4n) is 2.74. The SMILES string of the molecule is CC1CCCC(C(F)(CN)C(C)C)C1. The van der Waals surface area contributed by atoms with E-state index in [2.05, 4.69) is 6.92 Å². The summed E-state index contributed by atoms with van der Waals surface area (Å²) in [5, 5.41) is 0. The fourth-order valence-corrected chi connectivity index (χ4v) is 2.74. The molecule has 3 atom stereocenters. The number of hydrogen-bond donors (Lipinski definition) is 1. The Morgan fingerprint density at radius 3 is 2.50 bits per heavy atom. The minimum Gasteiger partial charge on any atom is -0.328 e. The van der Waals surface area contributed by atoms with Gasteiger partial charge in [0.25, 0.3) is 0 Å². The predicted octanol–water partition coefficient (Wildman–Crippen LogP) is 3.14. The summed E-state index contributed by atoms with van der Waals surface area (Å²) in [6.07, 6.45) is 4.47. The van der Waals surface area contributed by atoms with Crippen LogP contribution in [-0.4, -0.2) is 12.2 Å². The normalized spacial score (nSPS) is 33.0. The lowest BCUT2D eigenvalue weighted by Crippen LogP contribution is -2.47. The van der Waals surface area contributed by atoms with Crippen LogP contribution in [0.25, 0.3) is 0 Å². The molecule has 1 aliphatic carbocycles. The third-order valence-electron chi connectivity index (χ3n) is 3.89. The smallest absolute Gasteiger partial charge is 0.128 e. The Morgan fingerprint density at radius 1 is 1.43 bits per heavy atom. The van der Waals surface area contributed by atoms with E-state index in [1.54, 1.807) is 0 Å². The van der Waals surface area contributed by atoms with Crippen molar-refractivity contribution in [3.8, 4) is 0 Å². The maximum absolute atomic E-state index is 14.6. The molecule has 0 bridgehead atoms. The van der Waals surface area contributed by atoms with Crippen LogP contribution >= 0.6 is 0 Å². The van der Waals surface area contributed by atoms with Crippen molar-refractivity contribution in [3.63, 3.8) is 0 Å². The molecule has 0 amide bonds. The van der Waals surface area contributed by atoms with Crippen molar-refractivity contribution in [2.45, 2.75) is 52.1 Å². The lowest BCUT2D eigenvalue weighted by Gasteiger charge is -2.40. The highest BCUT2D eigenvalue weighted by molar-refractivity contribution is 4.93. The highest BCUT2D eigenvalue weighted by atomic mass is 19.1. The molecular weight excluding hydrogens is 177 g/mol. The van der Waals surface area contributed by atoms with E-state index in [1.807, 2.05) is 13.8 Å². The van der Waals surface area contributed by atoms with E-state index in [0.29, 0.717) is 5.92 Å². The zero-order valence-corrected chi connectivity index (χ0v) is 9.72. The van der Waals surface area contributed by atoms with E-state index >= 15 is 0 Å². The van der Waals surface area contributed by atoms with Crippen molar-refractivity contribution < 1.29 is 4.39 Å². The molecule has 2 N–H and O–H groups in total. The first-order chi connectivity index (χ1) is 6.50. The molecule has 0 aliphatic heterocycles. The van der Waals surface area contributed by atoms with Gasteiger partial charge in [-0.2, -0.15) is 0 Å². The quantitative estimate of drug-likeness (QED) is 0.746. The van der Waals surface area contributed by atoms with E-state index in [0.717, 1.165) is 12.8 Å². The van der Waals surface area contributed by atoms with Crippen molar-refractivity contribution in [3.05, 3.63) is 0 Å². The van der Waals surface area contributed by atoms with Crippen LogP contribution in [0.2, 0.25) is 0 Å². The van der Waals surface area contributed by atoms with Gasteiger partial charge >= 0.3 is 0 Å². The van der Waals surface area contributed by atoms with Gasteiger partial charge in [-0.1, -0.05) is 33.6 Å². The maximum Gasteiger partial charge on any atom is 0.128 e. The van der Waals surface area contributed by atoms with Crippen LogP contribution in [-0.2, 0) is 0 Å². The van der Waals surface area contributed by atoms with E-state index in [-0.39, 0.29) is 18.4 Å². The Labute approximate surface area is 87.3 Å². The standard InChI is InChI=1S/C12H24FN/c1-9(2)12(13,8-14)11-6-4-5-10(3)7-11/h9-11H,4-8,14H2,1-3H3. The summed E-state index contributed by atoms with van der Waals surface area (Å²) in [6.45, 7) is 6.31. The molecule has 0 heterocycles. The van der Waals surface area contributed by atoms with Gasteiger partial charge in [-0.25, -0.2) is 4.39 Å². The first-order valence-electron chi connectivity index (χ1n) is 5.89. The molecule has 84 valence electrons. The Balaban J connectivity index is 2.68. The second-order valence-corrected chi connectivity index (χ2v) is 5.25. The third-order valence-corrected chi connectivity index (χ3v) is 3.89. The summed E-state index contributed by atoms with van der Waals surface area (Å²) in [6, 6.07) is 0. The van der Waals surface area contributed by atoms with Gasteiger partial charge in [0.05, 0.1) is 0 Å². The molecule has 1 fully saturated rings. The second kappa shape index (κ2) is 4.61. The monoisotopic (exact) mass is 201 g/mol. The van der Waals surface area contributed by atoms with Gasteiger partial charge in [-0.3, -0.25) is 0 Å². The molecule has 0 saturated heterocycles. The van der Waals surface area contributed by atoms with Crippen LogP contribution in [0.3, 0.4) is 0 Å². The number of rotatable bonds is 3. The molecule has 2 heteroatoms. The van der Waals surface area contributed by atoms with Crippen molar-refractivity contribution >= 4 is 0 Å². The Morgan fingerprint density at radius 2 is 2.07 bits per heavy atom. The first-order valence-corrected chi connectivity index (χ1v) is 5.89. The average Bonchev–Trinajstić information content (AvgIpc) is 2.16. The lowest BCUT2D eigenvalue weighted by molar-refractivity contribution is 0.00940. The van der Waals surface area contributed by atoms with Crippen LogP contribution in [0.4, 0.5) is 4.39 Å². The van der Waals surface area contributed by atoms with Crippen molar-refractivity contribution in [1.29, 1.82) is 0 Å². The molecule has 0 spiro atoms. The highest BCUT2D eigenvalue weighted by Gasteiger charge is 2.42.